The molecule has 1 aliphatic rings. The van der Waals surface area contributed by atoms with Crippen molar-refractivity contribution in [1.29, 1.82) is 5.26 Å². The van der Waals surface area contributed by atoms with Crippen LogP contribution >= 0.6 is 35.0 Å². The molecule has 0 aliphatic carbocycles. The van der Waals surface area contributed by atoms with Gasteiger partial charge in [-0.25, -0.2) is 0 Å². The highest BCUT2D eigenvalue weighted by atomic mass is 35.5. The van der Waals surface area contributed by atoms with Gasteiger partial charge < -0.3 is 10.1 Å². The van der Waals surface area contributed by atoms with Crippen LogP contribution in [0, 0.1) is 18.3 Å². The summed E-state index contributed by atoms with van der Waals surface area (Å²) < 4.78 is 5.52. The summed E-state index contributed by atoms with van der Waals surface area (Å²) in [7, 11) is 0. The van der Waals surface area contributed by atoms with E-state index in [0.29, 0.717) is 40.2 Å². The minimum atomic E-state index is -0.588. The maximum Gasteiger partial charge on any atom is 0.269 e. The highest BCUT2D eigenvalue weighted by molar-refractivity contribution is 8.05. The van der Waals surface area contributed by atoms with E-state index in [2.05, 4.69) is 5.32 Å². The van der Waals surface area contributed by atoms with Gasteiger partial charge in [-0.1, -0.05) is 53.2 Å². The molecule has 1 heterocycles. The lowest BCUT2D eigenvalue weighted by atomic mass is 10.1. The largest absolute Gasteiger partial charge is 0.494 e. The van der Waals surface area contributed by atoms with E-state index in [4.69, 9.17) is 27.9 Å². The quantitative estimate of drug-likeness (QED) is 0.259. The van der Waals surface area contributed by atoms with Crippen LogP contribution in [0.25, 0.3) is 0 Å². The molecule has 188 valence electrons. The van der Waals surface area contributed by atoms with Gasteiger partial charge in [0.1, 0.15) is 22.4 Å². The Morgan fingerprint density at radius 1 is 1.11 bits per heavy atom. The SMILES string of the molecule is CCOc1ccc(N2C(=O)C(Cc3ccc(Cl)c(Cl)c3)S/C2=C(/C#N)C(=O)Nc2cccc(C)c2)cc1. The Hall–Kier alpha value is -3.44. The molecule has 1 unspecified atom stereocenters. The molecular weight excluding hydrogens is 529 g/mol. The topological polar surface area (TPSA) is 82.4 Å². The molecule has 0 radical (unpaired) electrons. The van der Waals surface area contributed by atoms with Gasteiger partial charge >= 0.3 is 0 Å². The van der Waals surface area contributed by atoms with Gasteiger partial charge in [-0.3, -0.25) is 14.5 Å². The molecular formula is C28H23Cl2N3O3S. The molecule has 1 atom stereocenters. The van der Waals surface area contributed by atoms with Crippen molar-refractivity contribution in [1.82, 2.24) is 0 Å². The molecule has 6 nitrogen and oxygen atoms in total. The fourth-order valence-corrected chi connectivity index (χ4v) is 5.51. The Morgan fingerprint density at radius 2 is 1.86 bits per heavy atom. The van der Waals surface area contributed by atoms with Crippen LogP contribution in [0.1, 0.15) is 18.1 Å². The Balaban J connectivity index is 1.72. The molecule has 2 amide bonds. The van der Waals surface area contributed by atoms with Gasteiger partial charge in [-0.05, 0) is 79.9 Å². The number of nitriles is 1. The number of ether oxygens (including phenoxy) is 1. The standard InChI is InChI=1S/C28H23Cl2N3O3S/c1-3-36-21-10-8-20(9-11-21)33-27(35)25(15-18-7-12-23(29)24(30)14-18)37-28(33)22(16-31)26(34)32-19-6-4-5-17(2)13-19/h4-14,25H,3,15H2,1-2H3,(H,32,34)/b28-22-. The summed E-state index contributed by atoms with van der Waals surface area (Å²) in [5, 5.41) is 13.3. The molecule has 1 aliphatic heterocycles. The summed E-state index contributed by atoms with van der Waals surface area (Å²) >= 11 is 13.4. The van der Waals surface area contributed by atoms with Crippen LogP contribution in [-0.2, 0) is 16.0 Å². The molecule has 0 saturated carbocycles. The summed E-state index contributed by atoms with van der Waals surface area (Å²) in [5.41, 5.74) is 2.73. The number of carbonyl (C=O) groups excluding carboxylic acids is 2. The van der Waals surface area contributed by atoms with Crippen molar-refractivity contribution in [2.45, 2.75) is 25.5 Å². The second-order valence-electron chi connectivity index (χ2n) is 8.28. The van der Waals surface area contributed by atoms with E-state index in [1.165, 1.54) is 16.7 Å². The molecule has 3 aromatic rings. The molecule has 3 aromatic carbocycles. The number of nitrogens with one attached hydrogen (secondary N) is 1. The molecule has 1 N–H and O–H groups in total. The minimum Gasteiger partial charge on any atom is -0.494 e. The number of halogens is 2. The van der Waals surface area contributed by atoms with Crippen LogP contribution in [0.2, 0.25) is 10.0 Å². The van der Waals surface area contributed by atoms with Gasteiger partial charge in [0.25, 0.3) is 5.91 Å². The maximum absolute atomic E-state index is 13.7. The Kier molecular flexibility index (Phi) is 8.45. The maximum atomic E-state index is 13.7. The monoisotopic (exact) mass is 551 g/mol. The van der Waals surface area contributed by atoms with Crippen LogP contribution < -0.4 is 15.0 Å². The molecule has 37 heavy (non-hydrogen) atoms. The van der Waals surface area contributed by atoms with Crippen LogP contribution in [0.5, 0.6) is 5.75 Å². The predicted molar refractivity (Wildman–Crippen MR) is 149 cm³/mol. The number of anilines is 2. The Morgan fingerprint density at radius 3 is 2.51 bits per heavy atom. The molecule has 0 bridgehead atoms. The highest BCUT2D eigenvalue weighted by Gasteiger charge is 2.41. The number of hydrogen-bond acceptors (Lipinski definition) is 5. The summed E-state index contributed by atoms with van der Waals surface area (Å²) in [5.74, 6) is -0.179. The zero-order chi connectivity index (χ0) is 26.5. The van der Waals surface area contributed by atoms with E-state index in [9.17, 15) is 14.9 Å². The van der Waals surface area contributed by atoms with Gasteiger partial charge in [-0.15, -0.1) is 0 Å². The molecule has 1 saturated heterocycles. The van der Waals surface area contributed by atoms with Crippen LogP contribution in [0.3, 0.4) is 0 Å². The molecule has 9 heteroatoms. The molecule has 0 spiro atoms. The van der Waals surface area contributed by atoms with Crippen molar-refractivity contribution in [3.05, 3.63) is 98.5 Å². The van der Waals surface area contributed by atoms with Gasteiger partial charge in [-0.2, -0.15) is 5.26 Å². The van der Waals surface area contributed by atoms with Crippen molar-refractivity contribution in [2.75, 3.05) is 16.8 Å². The average molecular weight is 552 g/mol. The third-order valence-corrected chi connectivity index (χ3v) is 7.59. The first-order valence-electron chi connectivity index (χ1n) is 11.5. The van der Waals surface area contributed by atoms with E-state index in [-0.39, 0.29) is 16.5 Å². The number of thioether (sulfide) groups is 1. The molecule has 1 fully saturated rings. The number of carbonyl (C=O) groups is 2. The van der Waals surface area contributed by atoms with Crippen molar-refractivity contribution < 1.29 is 14.3 Å². The second-order valence-corrected chi connectivity index (χ2v) is 10.3. The number of benzene rings is 3. The summed E-state index contributed by atoms with van der Waals surface area (Å²) in [6, 6.07) is 21.5. The zero-order valence-electron chi connectivity index (χ0n) is 20.1. The lowest BCUT2D eigenvalue weighted by molar-refractivity contribution is -0.117. The van der Waals surface area contributed by atoms with E-state index in [1.54, 1.807) is 48.5 Å². The van der Waals surface area contributed by atoms with Crippen LogP contribution in [0.15, 0.2) is 77.3 Å². The van der Waals surface area contributed by atoms with Crippen molar-refractivity contribution in [3.8, 4) is 11.8 Å². The summed E-state index contributed by atoms with van der Waals surface area (Å²) in [6.45, 7) is 4.30. The van der Waals surface area contributed by atoms with E-state index < -0.39 is 11.2 Å². The minimum absolute atomic E-state index is 0.148. The fourth-order valence-electron chi connectivity index (χ4n) is 3.88. The number of nitrogens with zero attached hydrogens (tertiary/aromatic N) is 2. The predicted octanol–water partition coefficient (Wildman–Crippen LogP) is 6.77. The first-order valence-corrected chi connectivity index (χ1v) is 13.1. The van der Waals surface area contributed by atoms with Gasteiger partial charge in [0.2, 0.25) is 5.91 Å². The first-order chi connectivity index (χ1) is 17.8. The van der Waals surface area contributed by atoms with Crippen molar-refractivity contribution in [3.63, 3.8) is 0 Å². The van der Waals surface area contributed by atoms with Gasteiger partial charge in [0.15, 0.2) is 0 Å². The van der Waals surface area contributed by atoms with E-state index >= 15 is 0 Å². The smallest absolute Gasteiger partial charge is 0.269 e. The van der Waals surface area contributed by atoms with E-state index in [1.807, 2.05) is 38.1 Å². The lowest BCUT2D eigenvalue weighted by Gasteiger charge is -2.19. The lowest BCUT2D eigenvalue weighted by Crippen LogP contribution is -2.30. The normalized spacial score (nSPS) is 16.4. The second kappa shape index (κ2) is 11.7. The van der Waals surface area contributed by atoms with Gasteiger partial charge in [0, 0.05) is 11.4 Å². The van der Waals surface area contributed by atoms with Crippen molar-refractivity contribution >= 4 is 58.2 Å². The zero-order valence-corrected chi connectivity index (χ0v) is 22.5. The number of aryl methyl sites for hydroxylation is 1. The first kappa shape index (κ1) is 26.6. The third kappa shape index (κ3) is 6.11. The van der Waals surface area contributed by atoms with Crippen molar-refractivity contribution in [2.24, 2.45) is 0 Å². The van der Waals surface area contributed by atoms with E-state index in [0.717, 1.165) is 11.1 Å². The molecule has 4 rings (SSSR count). The number of amides is 2. The third-order valence-electron chi connectivity index (χ3n) is 5.59. The van der Waals surface area contributed by atoms with Crippen LogP contribution in [0.4, 0.5) is 11.4 Å². The van der Waals surface area contributed by atoms with Crippen LogP contribution in [-0.4, -0.2) is 23.7 Å². The van der Waals surface area contributed by atoms with Gasteiger partial charge in [0.05, 0.1) is 21.9 Å². The molecule has 0 aromatic heterocycles. The summed E-state index contributed by atoms with van der Waals surface area (Å²) in [4.78, 5) is 28.3. The highest BCUT2D eigenvalue weighted by Crippen LogP contribution is 2.42. The number of hydrogen-bond donors (Lipinski definition) is 1. The average Bonchev–Trinajstić information content (AvgIpc) is 3.18. The Labute approximate surface area is 229 Å². The Bertz CT molecular complexity index is 1420. The fraction of sp³-hybridized carbons (Fsp3) is 0.179. The number of rotatable bonds is 7. The summed E-state index contributed by atoms with van der Waals surface area (Å²) in [6.07, 6.45) is 0.343.